The number of carbonyl (C=O) groups is 1. The largest absolute Gasteiger partial charge is 0.298 e. The first-order valence-corrected chi connectivity index (χ1v) is 5.72. The van der Waals surface area contributed by atoms with Gasteiger partial charge in [-0.05, 0) is 36.4 Å². The van der Waals surface area contributed by atoms with Crippen molar-refractivity contribution in [1.82, 2.24) is 9.97 Å². The Kier molecular flexibility index (Phi) is 3.49. The van der Waals surface area contributed by atoms with Crippen LogP contribution in [-0.4, -0.2) is 16.3 Å². The third-order valence-electron chi connectivity index (χ3n) is 2.09. The lowest BCUT2D eigenvalue weighted by Crippen LogP contribution is -1.92. The summed E-state index contributed by atoms with van der Waals surface area (Å²) in [6.07, 6.45) is 3.86. The standard InChI is InChI=1S/C12H9FN2OS/c1-8-5-14-12(15-6-8)17-11-4-2-3-10(13)9(11)7-16/h2-7H,1H3. The number of aldehydes is 1. The second-order valence-corrected chi connectivity index (χ2v) is 4.42. The molecule has 1 aromatic carbocycles. The van der Waals surface area contributed by atoms with Crippen LogP contribution < -0.4 is 0 Å². The van der Waals surface area contributed by atoms with E-state index in [1.54, 1.807) is 24.5 Å². The minimum atomic E-state index is -0.530. The molecule has 0 aliphatic carbocycles. The predicted octanol–water partition coefficient (Wildman–Crippen LogP) is 2.89. The Morgan fingerprint density at radius 3 is 2.65 bits per heavy atom. The van der Waals surface area contributed by atoms with Gasteiger partial charge in [-0.1, -0.05) is 6.07 Å². The van der Waals surface area contributed by atoms with E-state index in [4.69, 9.17) is 0 Å². The van der Waals surface area contributed by atoms with Gasteiger partial charge in [-0.3, -0.25) is 4.79 Å². The number of hydrogen-bond donors (Lipinski definition) is 0. The lowest BCUT2D eigenvalue weighted by molar-refractivity contribution is 0.111. The van der Waals surface area contributed by atoms with Crippen LogP contribution in [0.15, 0.2) is 40.6 Å². The lowest BCUT2D eigenvalue weighted by Gasteiger charge is -2.03. The number of nitrogens with zero attached hydrogens (tertiary/aromatic N) is 2. The van der Waals surface area contributed by atoms with Gasteiger partial charge < -0.3 is 0 Å². The Bertz CT molecular complexity index is 543. The van der Waals surface area contributed by atoms with E-state index in [9.17, 15) is 9.18 Å². The topological polar surface area (TPSA) is 42.9 Å². The van der Waals surface area contributed by atoms with E-state index >= 15 is 0 Å². The van der Waals surface area contributed by atoms with Gasteiger partial charge in [0, 0.05) is 17.3 Å². The fourth-order valence-corrected chi connectivity index (χ4v) is 2.06. The highest BCUT2D eigenvalue weighted by atomic mass is 32.2. The molecule has 1 aromatic heterocycles. The zero-order valence-electron chi connectivity index (χ0n) is 9.05. The van der Waals surface area contributed by atoms with Gasteiger partial charge in [-0.2, -0.15) is 0 Å². The van der Waals surface area contributed by atoms with E-state index < -0.39 is 5.82 Å². The lowest BCUT2D eigenvalue weighted by atomic mass is 10.2. The summed E-state index contributed by atoms with van der Waals surface area (Å²) in [7, 11) is 0. The SMILES string of the molecule is Cc1cnc(Sc2cccc(F)c2C=O)nc1. The van der Waals surface area contributed by atoms with Crippen molar-refractivity contribution in [3.63, 3.8) is 0 Å². The molecule has 0 bridgehead atoms. The summed E-state index contributed by atoms with van der Waals surface area (Å²) in [5.41, 5.74) is 0.992. The van der Waals surface area contributed by atoms with Gasteiger partial charge in [0.2, 0.25) is 0 Å². The molecule has 0 atom stereocenters. The van der Waals surface area contributed by atoms with E-state index in [0.29, 0.717) is 16.3 Å². The van der Waals surface area contributed by atoms with Gasteiger partial charge in [0.1, 0.15) is 5.82 Å². The van der Waals surface area contributed by atoms with Crippen LogP contribution >= 0.6 is 11.8 Å². The van der Waals surface area contributed by atoms with E-state index in [-0.39, 0.29) is 5.56 Å². The van der Waals surface area contributed by atoms with Crippen LogP contribution in [0.1, 0.15) is 15.9 Å². The summed E-state index contributed by atoms with van der Waals surface area (Å²) < 4.78 is 13.3. The molecule has 0 saturated carbocycles. The van der Waals surface area contributed by atoms with Crippen molar-refractivity contribution in [2.45, 2.75) is 17.0 Å². The number of carbonyl (C=O) groups excluding carboxylic acids is 1. The van der Waals surface area contributed by atoms with Gasteiger partial charge in [0.25, 0.3) is 0 Å². The molecule has 0 saturated heterocycles. The van der Waals surface area contributed by atoms with E-state index in [1.165, 1.54) is 17.8 Å². The zero-order valence-corrected chi connectivity index (χ0v) is 9.87. The first-order valence-electron chi connectivity index (χ1n) is 4.91. The van der Waals surface area contributed by atoms with Crippen molar-refractivity contribution in [1.29, 1.82) is 0 Å². The first kappa shape index (κ1) is 11.7. The smallest absolute Gasteiger partial charge is 0.192 e. The van der Waals surface area contributed by atoms with Crippen molar-refractivity contribution in [2.24, 2.45) is 0 Å². The number of aryl methyl sites for hydroxylation is 1. The molecule has 2 aromatic rings. The summed E-state index contributed by atoms with van der Waals surface area (Å²) in [6, 6.07) is 4.48. The van der Waals surface area contributed by atoms with Crippen molar-refractivity contribution in [3.8, 4) is 0 Å². The van der Waals surface area contributed by atoms with Gasteiger partial charge in [0.05, 0.1) is 5.56 Å². The Morgan fingerprint density at radius 2 is 2.00 bits per heavy atom. The summed E-state index contributed by atoms with van der Waals surface area (Å²) in [4.78, 5) is 19.5. The van der Waals surface area contributed by atoms with Crippen molar-refractivity contribution < 1.29 is 9.18 Å². The molecular formula is C12H9FN2OS. The van der Waals surface area contributed by atoms with Crippen molar-refractivity contribution >= 4 is 18.0 Å². The minimum Gasteiger partial charge on any atom is -0.298 e. The Hall–Kier alpha value is -1.75. The molecule has 0 fully saturated rings. The quantitative estimate of drug-likeness (QED) is 0.618. The van der Waals surface area contributed by atoms with Gasteiger partial charge in [-0.15, -0.1) is 0 Å². The average molecular weight is 248 g/mol. The Labute approximate surface area is 102 Å². The molecule has 3 nitrogen and oxygen atoms in total. The molecule has 0 radical (unpaired) electrons. The first-order chi connectivity index (χ1) is 8.20. The fourth-order valence-electron chi connectivity index (χ4n) is 1.25. The molecule has 0 N–H and O–H groups in total. The van der Waals surface area contributed by atoms with Crippen LogP contribution in [0.3, 0.4) is 0 Å². The Balaban J connectivity index is 2.33. The summed E-state index contributed by atoms with van der Waals surface area (Å²) in [6.45, 7) is 1.88. The predicted molar refractivity (Wildman–Crippen MR) is 62.7 cm³/mol. The van der Waals surface area contributed by atoms with Crippen LogP contribution in [-0.2, 0) is 0 Å². The molecule has 0 amide bonds. The minimum absolute atomic E-state index is 0.0432. The Morgan fingerprint density at radius 1 is 1.29 bits per heavy atom. The summed E-state index contributed by atoms with van der Waals surface area (Å²) in [5.74, 6) is -0.530. The highest BCUT2D eigenvalue weighted by molar-refractivity contribution is 7.99. The molecule has 5 heteroatoms. The molecule has 0 aliphatic rings. The van der Waals surface area contributed by atoms with E-state index in [2.05, 4.69) is 9.97 Å². The molecule has 17 heavy (non-hydrogen) atoms. The van der Waals surface area contributed by atoms with Crippen LogP contribution in [0, 0.1) is 12.7 Å². The number of rotatable bonds is 3. The number of halogens is 1. The highest BCUT2D eigenvalue weighted by Crippen LogP contribution is 2.28. The van der Waals surface area contributed by atoms with Crippen LogP contribution in [0.25, 0.3) is 0 Å². The monoisotopic (exact) mass is 248 g/mol. The van der Waals surface area contributed by atoms with Crippen LogP contribution in [0.4, 0.5) is 4.39 Å². The summed E-state index contributed by atoms with van der Waals surface area (Å²) in [5, 5.41) is 0.490. The van der Waals surface area contributed by atoms with Crippen molar-refractivity contribution in [3.05, 3.63) is 47.5 Å². The van der Waals surface area contributed by atoms with Crippen LogP contribution in [0.2, 0.25) is 0 Å². The highest BCUT2D eigenvalue weighted by Gasteiger charge is 2.09. The maximum Gasteiger partial charge on any atom is 0.192 e. The molecule has 0 unspecified atom stereocenters. The van der Waals surface area contributed by atoms with E-state index in [1.807, 2.05) is 6.92 Å². The molecular weight excluding hydrogens is 239 g/mol. The number of aromatic nitrogens is 2. The zero-order chi connectivity index (χ0) is 12.3. The molecule has 0 spiro atoms. The summed E-state index contributed by atoms with van der Waals surface area (Å²) >= 11 is 1.17. The fraction of sp³-hybridized carbons (Fsp3) is 0.0833. The number of hydrogen-bond acceptors (Lipinski definition) is 4. The third-order valence-corrected chi connectivity index (χ3v) is 3.06. The average Bonchev–Trinajstić information content (AvgIpc) is 2.32. The second-order valence-electron chi connectivity index (χ2n) is 3.41. The van der Waals surface area contributed by atoms with Crippen LogP contribution in [0.5, 0.6) is 0 Å². The maximum atomic E-state index is 13.3. The molecule has 1 heterocycles. The molecule has 0 aliphatic heterocycles. The maximum absolute atomic E-state index is 13.3. The van der Waals surface area contributed by atoms with E-state index in [0.717, 1.165) is 5.56 Å². The number of benzene rings is 1. The molecule has 2 rings (SSSR count). The van der Waals surface area contributed by atoms with Gasteiger partial charge >= 0.3 is 0 Å². The van der Waals surface area contributed by atoms with Crippen molar-refractivity contribution in [2.75, 3.05) is 0 Å². The van der Waals surface area contributed by atoms with Gasteiger partial charge in [-0.25, -0.2) is 14.4 Å². The third kappa shape index (κ3) is 2.68. The van der Waals surface area contributed by atoms with Gasteiger partial charge in [0.15, 0.2) is 11.4 Å². The molecule has 86 valence electrons. The normalized spacial score (nSPS) is 10.2. The second kappa shape index (κ2) is 5.05.